The molecule has 0 bridgehead atoms. The SMILES string of the molecule is Cc1ccccc1N(c1c(C)cccc1C)c1ccnc2c1ccc1cc(C(C)(C)C)nc(C(C)O)c12. The maximum absolute atomic E-state index is 10.8. The molecule has 0 fully saturated rings. The van der Waals surface area contributed by atoms with E-state index in [4.69, 9.17) is 9.97 Å². The van der Waals surface area contributed by atoms with Gasteiger partial charge in [0.1, 0.15) is 0 Å². The molecule has 0 saturated carbocycles. The van der Waals surface area contributed by atoms with E-state index in [0.29, 0.717) is 5.69 Å². The Morgan fingerprint density at radius 2 is 1.49 bits per heavy atom. The van der Waals surface area contributed by atoms with E-state index in [-0.39, 0.29) is 5.41 Å². The summed E-state index contributed by atoms with van der Waals surface area (Å²) in [7, 11) is 0. The summed E-state index contributed by atoms with van der Waals surface area (Å²) in [6.07, 6.45) is 1.16. The molecular formula is C33H35N3O. The van der Waals surface area contributed by atoms with Gasteiger partial charge in [-0.05, 0) is 68.0 Å². The fourth-order valence-corrected chi connectivity index (χ4v) is 5.20. The van der Waals surface area contributed by atoms with Crippen LogP contribution in [-0.4, -0.2) is 15.1 Å². The zero-order chi connectivity index (χ0) is 26.5. The average Bonchev–Trinajstić information content (AvgIpc) is 2.85. The van der Waals surface area contributed by atoms with Crippen molar-refractivity contribution in [3.05, 3.63) is 101 Å². The van der Waals surface area contributed by atoms with Crippen LogP contribution in [-0.2, 0) is 5.41 Å². The van der Waals surface area contributed by atoms with Crippen molar-refractivity contribution in [3.8, 4) is 0 Å². The maximum atomic E-state index is 10.8. The molecular weight excluding hydrogens is 454 g/mol. The summed E-state index contributed by atoms with van der Waals surface area (Å²) >= 11 is 0. The maximum Gasteiger partial charge on any atom is 0.0939 e. The van der Waals surface area contributed by atoms with E-state index in [9.17, 15) is 5.11 Å². The summed E-state index contributed by atoms with van der Waals surface area (Å²) in [5.74, 6) is 0. The van der Waals surface area contributed by atoms with E-state index >= 15 is 0 Å². The number of aliphatic hydroxyl groups is 1. The van der Waals surface area contributed by atoms with Gasteiger partial charge in [0.25, 0.3) is 0 Å². The zero-order valence-electron chi connectivity index (χ0n) is 22.8. The summed E-state index contributed by atoms with van der Waals surface area (Å²) in [5.41, 5.74) is 9.30. The number of aliphatic hydroxyl groups excluding tert-OH is 1. The second-order valence-corrected chi connectivity index (χ2v) is 11.1. The first-order valence-electron chi connectivity index (χ1n) is 12.9. The van der Waals surface area contributed by atoms with Crippen LogP contribution < -0.4 is 4.90 Å². The van der Waals surface area contributed by atoms with Gasteiger partial charge in [0.05, 0.1) is 28.7 Å². The quantitative estimate of drug-likeness (QED) is 0.257. The van der Waals surface area contributed by atoms with Crippen molar-refractivity contribution in [2.75, 3.05) is 4.90 Å². The Labute approximate surface area is 219 Å². The molecule has 1 N–H and O–H groups in total. The molecule has 188 valence electrons. The minimum Gasteiger partial charge on any atom is -0.387 e. The Hall–Kier alpha value is -3.76. The minimum atomic E-state index is -0.716. The van der Waals surface area contributed by atoms with Gasteiger partial charge in [0, 0.05) is 33.8 Å². The molecule has 2 heterocycles. The van der Waals surface area contributed by atoms with Crippen LogP contribution in [0.1, 0.15) is 61.9 Å². The molecule has 5 aromatic rings. The summed E-state index contributed by atoms with van der Waals surface area (Å²) in [6.45, 7) is 14.7. The van der Waals surface area contributed by atoms with Crippen LogP contribution in [0.15, 0.2) is 72.9 Å². The topological polar surface area (TPSA) is 49.2 Å². The van der Waals surface area contributed by atoms with Gasteiger partial charge in [-0.3, -0.25) is 9.97 Å². The number of nitrogens with zero attached hydrogens (tertiary/aromatic N) is 3. The number of aromatic nitrogens is 2. The molecule has 4 heteroatoms. The number of rotatable bonds is 4. The zero-order valence-corrected chi connectivity index (χ0v) is 22.8. The second kappa shape index (κ2) is 9.28. The fourth-order valence-electron chi connectivity index (χ4n) is 5.20. The first-order chi connectivity index (χ1) is 17.6. The monoisotopic (exact) mass is 489 g/mol. The standard InChI is InChI=1S/C33H35N3O/c1-20-11-8-9-14-26(20)36(32-21(2)12-10-13-22(32)3)27-17-18-34-31-25(27)16-15-24-19-28(33(5,6)7)35-30(23(4)37)29(24)31/h8-19,23,37H,1-7H3. The van der Waals surface area contributed by atoms with Crippen LogP contribution in [0.3, 0.4) is 0 Å². The molecule has 1 atom stereocenters. The predicted octanol–water partition coefficient (Wildman–Crippen LogP) is 8.53. The van der Waals surface area contributed by atoms with Crippen LogP contribution in [0.5, 0.6) is 0 Å². The van der Waals surface area contributed by atoms with Crippen LogP contribution in [0, 0.1) is 20.8 Å². The lowest BCUT2D eigenvalue weighted by molar-refractivity contribution is 0.195. The summed E-state index contributed by atoms with van der Waals surface area (Å²) in [4.78, 5) is 12.2. The van der Waals surface area contributed by atoms with Gasteiger partial charge in [-0.25, -0.2) is 0 Å². The van der Waals surface area contributed by atoms with Crippen molar-refractivity contribution < 1.29 is 5.11 Å². The number of benzene rings is 3. The molecule has 37 heavy (non-hydrogen) atoms. The fraction of sp³-hybridized carbons (Fsp3) is 0.273. The van der Waals surface area contributed by atoms with Crippen molar-refractivity contribution in [2.24, 2.45) is 0 Å². The number of anilines is 3. The smallest absolute Gasteiger partial charge is 0.0939 e. The number of hydrogen-bond acceptors (Lipinski definition) is 4. The van der Waals surface area contributed by atoms with Crippen molar-refractivity contribution in [1.29, 1.82) is 0 Å². The lowest BCUT2D eigenvalue weighted by Gasteiger charge is -2.31. The van der Waals surface area contributed by atoms with E-state index in [1.54, 1.807) is 6.92 Å². The highest BCUT2D eigenvalue weighted by atomic mass is 16.3. The van der Waals surface area contributed by atoms with Crippen LogP contribution in [0.2, 0.25) is 0 Å². The molecule has 0 radical (unpaired) electrons. The Morgan fingerprint density at radius 1 is 0.811 bits per heavy atom. The van der Waals surface area contributed by atoms with E-state index in [1.165, 1.54) is 22.4 Å². The van der Waals surface area contributed by atoms with Crippen molar-refractivity contribution >= 4 is 38.7 Å². The van der Waals surface area contributed by atoms with Gasteiger partial charge < -0.3 is 10.0 Å². The largest absolute Gasteiger partial charge is 0.387 e. The van der Waals surface area contributed by atoms with Gasteiger partial charge in [-0.15, -0.1) is 0 Å². The Morgan fingerprint density at radius 3 is 2.14 bits per heavy atom. The molecule has 0 amide bonds. The molecule has 3 aromatic carbocycles. The van der Waals surface area contributed by atoms with Gasteiger partial charge >= 0.3 is 0 Å². The molecule has 0 spiro atoms. The molecule has 4 nitrogen and oxygen atoms in total. The lowest BCUT2D eigenvalue weighted by atomic mass is 9.89. The molecule has 0 saturated heterocycles. The molecule has 0 aliphatic rings. The minimum absolute atomic E-state index is 0.133. The van der Waals surface area contributed by atoms with Crippen LogP contribution >= 0.6 is 0 Å². The van der Waals surface area contributed by atoms with Crippen LogP contribution in [0.25, 0.3) is 21.7 Å². The average molecular weight is 490 g/mol. The molecule has 5 rings (SSSR count). The number of para-hydroxylation sites is 2. The van der Waals surface area contributed by atoms with Gasteiger partial charge in [-0.1, -0.05) is 69.3 Å². The number of hydrogen-bond donors (Lipinski definition) is 1. The lowest BCUT2D eigenvalue weighted by Crippen LogP contribution is -2.16. The highest BCUT2D eigenvalue weighted by Gasteiger charge is 2.24. The summed E-state index contributed by atoms with van der Waals surface area (Å²) < 4.78 is 0. The van der Waals surface area contributed by atoms with Gasteiger partial charge in [0.15, 0.2) is 0 Å². The van der Waals surface area contributed by atoms with E-state index < -0.39 is 6.10 Å². The van der Waals surface area contributed by atoms with E-state index in [0.717, 1.165) is 38.7 Å². The van der Waals surface area contributed by atoms with E-state index in [1.807, 2.05) is 6.20 Å². The second-order valence-electron chi connectivity index (χ2n) is 11.1. The van der Waals surface area contributed by atoms with Crippen LogP contribution in [0.4, 0.5) is 17.1 Å². The van der Waals surface area contributed by atoms with Gasteiger partial charge in [0.2, 0.25) is 0 Å². The van der Waals surface area contributed by atoms with Crippen molar-refractivity contribution in [1.82, 2.24) is 9.97 Å². The summed E-state index contributed by atoms with van der Waals surface area (Å²) in [5, 5.41) is 13.8. The third-order valence-corrected chi connectivity index (χ3v) is 7.14. The molecule has 2 aromatic heterocycles. The highest BCUT2D eigenvalue weighted by Crippen LogP contribution is 2.44. The first-order valence-corrected chi connectivity index (χ1v) is 12.9. The molecule has 0 aliphatic heterocycles. The Kier molecular flexibility index (Phi) is 6.25. The van der Waals surface area contributed by atoms with Crippen molar-refractivity contribution in [2.45, 2.75) is 60.0 Å². The van der Waals surface area contributed by atoms with Gasteiger partial charge in [-0.2, -0.15) is 0 Å². The third kappa shape index (κ3) is 4.36. The normalized spacial score (nSPS) is 12.8. The van der Waals surface area contributed by atoms with E-state index in [2.05, 4.69) is 113 Å². The van der Waals surface area contributed by atoms with Crippen molar-refractivity contribution in [3.63, 3.8) is 0 Å². The Bertz CT molecular complexity index is 1610. The molecule has 1 unspecified atom stereocenters. The number of fused-ring (bicyclic) bond motifs is 3. The highest BCUT2D eigenvalue weighted by molar-refractivity contribution is 6.12. The first kappa shape index (κ1) is 24.9. The predicted molar refractivity (Wildman–Crippen MR) is 155 cm³/mol. The number of aryl methyl sites for hydroxylation is 3. The Balaban J connectivity index is 1.89. The number of pyridine rings is 2. The molecule has 0 aliphatic carbocycles. The summed E-state index contributed by atoms with van der Waals surface area (Å²) in [6, 6.07) is 23.5. The third-order valence-electron chi connectivity index (χ3n) is 7.14.